The molecule has 200 valence electrons. The molecule has 3 aromatic rings. The quantitative estimate of drug-likeness (QED) is 0.342. The Morgan fingerprint density at radius 2 is 1.84 bits per heavy atom. The van der Waals surface area contributed by atoms with E-state index < -0.39 is 0 Å². The van der Waals surface area contributed by atoms with Crippen molar-refractivity contribution in [2.24, 2.45) is 0 Å². The van der Waals surface area contributed by atoms with E-state index in [1.807, 2.05) is 49.4 Å². The van der Waals surface area contributed by atoms with Crippen LogP contribution in [0.15, 0.2) is 85.5 Å². The summed E-state index contributed by atoms with van der Waals surface area (Å²) in [6.07, 6.45) is 2.68. The van der Waals surface area contributed by atoms with Crippen molar-refractivity contribution in [2.75, 3.05) is 31.1 Å². The van der Waals surface area contributed by atoms with Crippen LogP contribution in [0, 0.1) is 5.82 Å². The topological polar surface area (TPSA) is 47.0 Å². The lowest BCUT2D eigenvalue weighted by molar-refractivity contribution is 0.0304. The molecule has 4 rings (SSSR count). The fraction of sp³-hybridized carbons (Fsp3) is 0.344. The van der Waals surface area contributed by atoms with Crippen molar-refractivity contribution in [1.29, 1.82) is 0 Å². The average molecular weight is 516 g/mol. The molecule has 1 heterocycles. The highest BCUT2D eigenvalue weighted by atomic mass is 19.1. The van der Waals surface area contributed by atoms with Gasteiger partial charge in [-0.1, -0.05) is 49.4 Å². The number of nitrogens with zero attached hydrogens (tertiary/aromatic N) is 3. The van der Waals surface area contributed by atoms with Gasteiger partial charge < -0.3 is 10.0 Å². The number of rotatable bonds is 9. The Bertz CT molecular complexity index is 1260. The zero-order valence-corrected chi connectivity index (χ0v) is 22.6. The van der Waals surface area contributed by atoms with E-state index in [1.54, 1.807) is 29.2 Å². The molecule has 0 aliphatic carbocycles. The van der Waals surface area contributed by atoms with E-state index >= 15 is 0 Å². The zero-order valence-electron chi connectivity index (χ0n) is 22.6. The molecule has 3 atom stereocenters. The summed E-state index contributed by atoms with van der Waals surface area (Å²) in [5.41, 5.74) is 2.92. The monoisotopic (exact) mass is 515 g/mol. The number of hydrogen-bond donors (Lipinski definition) is 1. The van der Waals surface area contributed by atoms with Gasteiger partial charge in [0.25, 0.3) is 5.91 Å². The molecule has 1 aliphatic heterocycles. The normalized spacial score (nSPS) is 19.2. The second-order valence-electron chi connectivity index (χ2n) is 10.2. The summed E-state index contributed by atoms with van der Waals surface area (Å²) in [7, 11) is 0. The van der Waals surface area contributed by atoms with Gasteiger partial charge in [-0.3, -0.25) is 14.6 Å². The predicted molar refractivity (Wildman–Crippen MR) is 152 cm³/mol. The molecule has 1 fully saturated rings. The summed E-state index contributed by atoms with van der Waals surface area (Å²) in [6, 6.07) is 21.4. The molecule has 1 amide bonds. The summed E-state index contributed by atoms with van der Waals surface area (Å²) in [5.74, 6) is -0.346. The Balaban J connectivity index is 1.81. The first-order valence-electron chi connectivity index (χ1n) is 13.4. The van der Waals surface area contributed by atoms with E-state index in [-0.39, 0.29) is 35.6 Å². The molecule has 38 heavy (non-hydrogen) atoms. The van der Waals surface area contributed by atoms with Gasteiger partial charge in [-0.15, -0.1) is 6.58 Å². The molecule has 0 saturated carbocycles. The Kier molecular flexibility index (Phi) is 8.97. The number of carbonyl (C=O) groups excluding carboxylic acids is 1. The summed E-state index contributed by atoms with van der Waals surface area (Å²) < 4.78 is 14.1. The maximum Gasteiger partial charge on any atom is 0.258 e. The highest BCUT2D eigenvalue weighted by Gasteiger charge is 2.36. The number of anilines is 1. The number of benzene rings is 3. The van der Waals surface area contributed by atoms with Crippen LogP contribution in [-0.4, -0.2) is 59.1 Å². The first kappa shape index (κ1) is 27.6. The fourth-order valence-electron chi connectivity index (χ4n) is 5.54. The summed E-state index contributed by atoms with van der Waals surface area (Å²) >= 11 is 0. The van der Waals surface area contributed by atoms with Gasteiger partial charge in [-0.2, -0.15) is 0 Å². The molecule has 6 heteroatoms. The SMILES string of the molecule is C=CCN1C[C@H](C)N([C@H](c2cccc(O)c2)c2ccccc2C(=O)N(CCC)c2cccc(F)c2)C[C@H]1C. The van der Waals surface area contributed by atoms with E-state index in [0.717, 1.165) is 37.2 Å². The van der Waals surface area contributed by atoms with Crippen molar-refractivity contribution in [3.05, 3.63) is 108 Å². The highest BCUT2D eigenvalue weighted by molar-refractivity contribution is 6.07. The molecular weight excluding hydrogens is 477 g/mol. The van der Waals surface area contributed by atoms with Crippen molar-refractivity contribution < 1.29 is 14.3 Å². The van der Waals surface area contributed by atoms with E-state index in [0.29, 0.717) is 17.8 Å². The second kappa shape index (κ2) is 12.4. The molecule has 0 radical (unpaired) electrons. The summed E-state index contributed by atoms with van der Waals surface area (Å²) in [6.45, 7) is 13.3. The summed E-state index contributed by atoms with van der Waals surface area (Å²) in [5, 5.41) is 10.4. The van der Waals surface area contributed by atoms with Gasteiger partial charge in [-0.05, 0) is 67.8 Å². The number of phenolic OH excluding ortho intramolecular Hbond substituents is 1. The van der Waals surface area contributed by atoms with Gasteiger partial charge in [0.1, 0.15) is 11.6 Å². The number of amides is 1. The largest absolute Gasteiger partial charge is 0.508 e. The van der Waals surface area contributed by atoms with Gasteiger partial charge in [0.2, 0.25) is 0 Å². The van der Waals surface area contributed by atoms with Crippen LogP contribution in [0.1, 0.15) is 54.7 Å². The molecule has 0 spiro atoms. The first-order valence-corrected chi connectivity index (χ1v) is 13.4. The standard InChI is InChI=1S/C32H38FN3O2/c1-5-17-34-21-24(4)36(22-23(34)3)31(25-11-9-14-28(37)19-25)29-15-7-8-16-30(29)32(38)35(18-6-2)27-13-10-12-26(33)20-27/h5,7-16,19-20,23-24,31,37H,1,6,17-18,21-22H2,2-4H3/t23-,24+,31-/m1/s1. The minimum atomic E-state index is -0.373. The first-order chi connectivity index (χ1) is 18.3. The molecule has 3 aromatic carbocycles. The predicted octanol–water partition coefficient (Wildman–Crippen LogP) is 6.26. The van der Waals surface area contributed by atoms with Crippen LogP contribution < -0.4 is 4.90 Å². The van der Waals surface area contributed by atoms with Crippen LogP contribution in [-0.2, 0) is 0 Å². The van der Waals surface area contributed by atoms with Crippen LogP contribution in [0.4, 0.5) is 10.1 Å². The third-order valence-corrected chi connectivity index (χ3v) is 7.34. The molecule has 0 aromatic heterocycles. The van der Waals surface area contributed by atoms with Gasteiger partial charge in [0, 0.05) is 49.5 Å². The van der Waals surface area contributed by atoms with Crippen LogP contribution in [0.25, 0.3) is 0 Å². The van der Waals surface area contributed by atoms with Crippen LogP contribution in [0.5, 0.6) is 5.75 Å². The van der Waals surface area contributed by atoms with Crippen molar-refractivity contribution >= 4 is 11.6 Å². The number of carbonyl (C=O) groups is 1. The smallest absolute Gasteiger partial charge is 0.258 e. The van der Waals surface area contributed by atoms with Gasteiger partial charge in [-0.25, -0.2) is 4.39 Å². The van der Waals surface area contributed by atoms with Crippen LogP contribution in [0.2, 0.25) is 0 Å². The molecular formula is C32H38FN3O2. The van der Waals surface area contributed by atoms with Gasteiger partial charge >= 0.3 is 0 Å². The number of phenols is 1. The lowest BCUT2D eigenvalue weighted by Crippen LogP contribution is -2.57. The van der Waals surface area contributed by atoms with Crippen molar-refractivity contribution in [1.82, 2.24) is 9.80 Å². The minimum Gasteiger partial charge on any atom is -0.508 e. The van der Waals surface area contributed by atoms with E-state index in [9.17, 15) is 14.3 Å². The summed E-state index contributed by atoms with van der Waals surface area (Å²) in [4.78, 5) is 20.7. The van der Waals surface area contributed by atoms with E-state index in [1.165, 1.54) is 12.1 Å². The van der Waals surface area contributed by atoms with Gasteiger partial charge in [0.05, 0.1) is 6.04 Å². The van der Waals surface area contributed by atoms with Crippen LogP contribution in [0.3, 0.4) is 0 Å². The molecule has 5 nitrogen and oxygen atoms in total. The Hall–Kier alpha value is -3.48. The molecule has 0 unspecified atom stereocenters. The van der Waals surface area contributed by atoms with Crippen molar-refractivity contribution in [3.8, 4) is 5.75 Å². The number of aromatic hydroxyl groups is 1. The lowest BCUT2D eigenvalue weighted by atomic mass is 9.90. The minimum absolute atomic E-state index is 0.163. The third kappa shape index (κ3) is 5.98. The zero-order chi connectivity index (χ0) is 27.2. The van der Waals surface area contributed by atoms with Gasteiger partial charge in [0.15, 0.2) is 0 Å². The Labute approximate surface area is 225 Å². The second-order valence-corrected chi connectivity index (χ2v) is 10.2. The van der Waals surface area contributed by atoms with E-state index in [4.69, 9.17) is 0 Å². The van der Waals surface area contributed by atoms with E-state index in [2.05, 4.69) is 30.2 Å². The molecule has 0 bridgehead atoms. The maximum atomic E-state index is 14.2. The highest BCUT2D eigenvalue weighted by Crippen LogP contribution is 2.37. The van der Waals surface area contributed by atoms with Crippen molar-refractivity contribution in [2.45, 2.75) is 45.3 Å². The van der Waals surface area contributed by atoms with Crippen molar-refractivity contribution in [3.63, 3.8) is 0 Å². The molecule has 1 aliphatic rings. The lowest BCUT2D eigenvalue weighted by Gasteiger charge is -2.47. The number of halogens is 1. The Morgan fingerprint density at radius 1 is 1.08 bits per heavy atom. The maximum absolute atomic E-state index is 14.2. The fourth-order valence-corrected chi connectivity index (χ4v) is 5.54. The number of hydrogen-bond acceptors (Lipinski definition) is 4. The average Bonchev–Trinajstić information content (AvgIpc) is 2.90. The molecule has 1 N–H and O–H groups in total. The third-order valence-electron chi connectivity index (χ3n) is 7.34. The number of piperazine rings is 1. The molecule has 1 saturated heterocycles. The Morgan fingerprint density at radius 3 is 2.55 bits per heavy atom. The van der Waals surface area contributed by atoms with Crippen LogP contribution >= 0.6 is 0 Å².